The summed E-state index contributed by atoms with van der Waals surface area (Å²) in [6, 6.07) is 5.83. The van der Waals surface area contributed by atoms with Crippen molar-refractivity contribution in [3.8, 4) is 0 Å². The number of amides is 3. The van der Waals surface area contributed by atoms with E-state index >= 15 is 0 Å². The molecule has 0 unspecified atom stereocenters. The molecular formula is C15H20FN3O3. The molecule has 0 radical (unpaired) electrons. The first-order valence-electron chi connectivity index (χ1n) is 7.27. The molecule has 1 heterocycles. The zero-order chi connectivity index (χ0) is 15.8. The van der Waals surface area contributed by atoms with Crippen LogP contribution in [0.4, 0.5) is 9.18 Å². The van der Waals surface area contributed by atoms with Crippen LogP contribution in [-0.4, -0.2) is 49.7 Å². The number of carbonyl (C=O) groups excluding carboxylic acids is 2. The van der Waals surface area contributed by atoms with Gasteiger partial charge in [0.15, 0.2) is 0 Å². The molecule has 1 saturated heterocycles. The molecule has 0 saturated carbocycles. The molecule has 2 rings (SSSR count). The van der Waals surface area contributed by atoms with Crippen LogP contribution in [0.3, 0.4) is 0 Å². The van der Waals surface area contributed by atoms with Crippen molar-refractivity contribution in [3.63, 3.8) is 0 Å². The molecule has 0 aliphatic carbocycles. The van der Waals surface area contributed by atoms with Gasteiger partial charge in [-0.2, -0.15) is 0 Å². The van der Waals surface area contributed by atoms with E-state index in [4.69, 9.17) is 4.74 Å². The maximum Gasteiger partial charge on any atom is 0.315 e. The summed E-state index contributed by atoms with van der Waals surface area (Å²) in [7, 11) is 0. The quantitative estimate of drug-likeness (QED) is 0.848. The SMILES string of the molecule is O=C(NCCC(=O)N1CCOCC1)NCc1ccccc1F. The second-order valence-electron chi connectivity index (χ2n) is 4.94. The lowest BCUT2D eigenvalue weighted by Crippen LogP contribution is -2.43. The smallest absolute Gasteiger partial charge is 0.315 e. The number of morpholine rings is 1. The molecule has 3 amide bonds. The summed E-state index contributed by atoms with van der Waals surface area (Å²) in [5.74, 6) is -0.358. The Morgan fingerprint density at radius 2 is 1.91 bits per heavy atom. The predicted molar refractivity (Wildman–Crippen MR) is 78.7 cm³/mol. The third-order valence-electron chi connectivity index (χ3n) is 3.39. The van der Waals surface area contributed by atoms with Crippen LogP contribution < -0.4 is 10.6 Å². The molecule has 7 heteroatoms. The van der Waals surface area contributed by atoms with Crippen LogP contribution in [0.1, 0.15) is 12.0 Å². The molecular weight excluding hydrogens is 289 g/mol. The van der Waals surface area contributed by atoms with Gasteiger partial charge in [0, 0.05) is 38.2 Å². The van der Waals surface area contributed by atoms with E-state index in [2.05, 4.69) is 10.6 Å². The Bertz CT molecular complexity index is 519. The highest BCUT2D eigenvalue weighted by atomic mass is 19.1. The summed E-state index contributed by atoms with van der Waals surface area (Å²) in [6.45, 7) is 2.66. The lowest BCUT2D eigenvalue weighted by Gasteiger charge is -2.26. The highest BCUT2D eigenvalue weighted by molar-refractivity contribution is 5.78. The van der Waals surface area contributed by atoms with Crippen LogP contribution in [0.15, 0.2) is 24.3 Å². The molecule has 1 aliphatic rings. The first-order valence-corrected chi connectivity index (χ1v) is 7.27. The second-order valence-corrected chi connectivity index (χ2v) is 4.94. The Hall–Kier alpha value is -2.15. The van der Waals surface area contributed by atoms with Crippen molar-refractivity contribution in [1.29, 1.82) is 0 Å². The Kier molecular flexibility index (Phi) is 6.14. The minimum Gasteiger partial charge on any atom is -0.378 e. The molecule has 120 valence electrons. The molecule has 1 aromatic carbocycles. The van der Waals surface area contributed by atoms with Gasteiger partial charge in [-0.25, -0.2) is 9.18 Å². The molecule has 1 fully saturated rings. The number of hydrogen-bond acceptors (Lipinski definition) is 3. The maximum absolute atomic E-state index is 13.4. The zero-order valence-corrected chi connectivity index (χ0v) is 12.3. The fourth-order valence-electron chi connectivity index (χ4n) is 2.13. The summed E-state index contributed by atoms with van der Waals surface area (Å²) in [5, 5.41) is 5.15. The molecule has 1 aliphatic heterocycles. The molecule has 0 atom stereocenters. The van der Waals surface area contributed by atoms with Crippen molar-refractivity contribution in [1.82, 2.24) is 15.5 Å². The molecule has 0 bridgehead atoms. The Balaban J connectivity index is 1.63. The number of urea groups is 1. The molecule has 0 aromatic heterocycles. The highest BCUT2D eigenvalue weighted by Gasteiger charge is 2.16. The van der Waals surface area contributed by atoms with E-state index < -0.39 is 6.03 Å². The average molecular weight is 309 g/mol. The normalized spacial score (nSPS) is 14.5. The molecule has 2 N–H and O–H groups in total. The van der Waals surface area contributed by atoms with Gasteiger partial charge < -0.3 is 20.3 Å². The van der Waals surface area contributed by atoms with Crippen LogP contribution in [0.5, 0.6) is 0 Å². The average Bonchev–Trinajstić information content (AvgIpc) is 2.55. The molecule has 6 nitrogen and oxygen atoms in total. The largest absolute Gasteiger partial charge is 0.378 e. The summed E-state index contributed by atoms with van der Waals surface area (Å²) in [5.41, 5.74) is 0.419. The van der Waals surface area contributed by atoms with Crippen LogP contribution in [0.25, 0.3) is 0 Å². The minimum atomic E-state index is -0.418. The minimum absolute atomic E-state index is 0.00213. The van der Waals surface area contributed by atoms with Crippen molar-refractivity contribution in [3.05, 3.63) is 35.6 Å². The van der Waals surface area contributed by atoms with Crippen molar-refractivity contribution >= 4 is 11.9 Å². The number of carbonyl (C=O) groups is 2. The van der Waals surface area contributed by atoms with Crippen molar-refractivity contribution in [2.75, 3.05) is 32.8 Å². The second kappa shape index (κ2) is 8.33. The standard InChI is InChI=1S/C15H20FN3O3/c16-13-4-2-1-3-12(13)11-18-15(21)17-6-5-14(20)19-7-9-22-10-8-19/h1-4H,5-11H2,(H2,17,18,21). The van der Waals surface area contributed by atoms with Crippen LogP contribution in [0.2, 0.25) is 0 Å². The maximum atomic E-state index is 13.4. The summed E-state index contributed by atoms with van der Waals surface area (Å²) in [6.07, 6.45) is 0.243. The van der Waals surface area contributed by atoms with E-state index in [1.165, 1.54) is 6.07 Å². The van der Waals surface area contributed by atoms with Gasteiger partial charge in [0.1, 0.15) is 5.82 Å². The number of nitrogens with zero attached hydrogens (tertiary/aromatic N) is 1. The topological polar surface area (TPSA) is 70.7 Å². The van der Waals surface area contributed by atoms with Crippen LogP contribution in [-0.2, 0) is 16.1 Å². The van der Waals surface area contributed by atoms with E-state index in [0.717, 1.165) is 0 Å². The van der Waals surface area contributed by atoms with Gasteiger partial charge in [0.2, 0.25) is 5.91 Å². The summed E-state index contributed by atoms with van der Waals surface area (Å²) >= 11 is 0. The van der Waals surface area contributed by atoms with Gasteiger partial charge in [-0.05, 0) is 6.07 Å². The first kappa shape index (κ1) is 16.2. The van der Waals surface area contributed by atoms with Gasteiger partial charge in [-0.3, -0.25) is 4.79 Å². The van der Waals surface area contributed by atoms with Gasteiger partial charge >= 0.3 is 6.03 Å². The highest BCUT2D eigenvalue weighted by Crippen LogP contribution is 2.05. The lowest BCUT2D eigenvalue weighted by atomic mass is 10.2. The van der Waals surface area contributed by atoms with Gasteiger partial charge in [0.05, 0.1) is 13.2 Å². The number of benzene rings is 1. The first-order chi connectivity index (χ1) is 10.7. The number of halogens is 1. The van der Waals surface area contributed by atoms with Gasteiger partial charge in [-0.1, -0.05) is 18.2 Å². The van der Waals surface area contributed by atoms with Crippen molar-refractivity contribution < 1.29 is 18.7 Å². The number of hydrogen-bond donors (Lipinski definition) is 2. The van der Waals surface area contributed by atoms with Crippen molar-refractivity contribution in [2.45, 2.75) is 13.0 Å². The molecule has 22 heavy (non-hydrogen) atoms. The van der Waals surface area contributed by atoms with E-state index in [0.29, 0.717) is 31.9 Å². The predicted octanol–water partition coefficient (Wildman–Crippen LogP) is 0.874. The van der Waals surface area contributed by atoms with E-state index in [9.17, 15) is 14.0 Å². The van der Waals surface area contributed by atoms with Crippen LogP contribution in [0, 0.1) is 5.82 Å². The number of rotatable bonds is 5. The molecule has 1 aromatic rings. The lowest BCUT2D eigenvalue weighted by molar-refractivity contribution is -0.135. The van der Waals surface area contributed by atoms with Crippen molar-refractivity contribution in [2.24, 2.45) is 0 Å². The third-order valence-corrected chi connectivity index (χ3v) is 3.39. The van der Waals surface area contributed by atoms with E-state index in [-0.39, 0.29) is 31.2 Å². The van der Waals surface area contributed by atoms with E-state index in [1.807, 2.05) is 0 Å². The Morgan fingerprint density at radius 3 is 2.64 bits per heavy atom. The Morgan fingerprint density at radius 1 is 1.18 bits per heavy atom. The summed E-state index contributed by atoms with van der Waals surface area (Å²) in [4.78, 5) is 25.2. The molecule has 0 spiro atoms. The fraction of sp³-hybridized carbons (Fsp3) is 0.467. The van der Waals surface area contributed by atoms with E-state index in [1.54, 1.807) is 23.1 Å². The van der Waals surface area contributed by atoms with Crippen LogP contribution >= 0.6 is 0 Å². The van der Waals surface area contributed by atoms with Gasteiger partial charge in [-0.15, -0.1) is 0 Å². The zero-order valence-electron chi connectivity index (χ0n) is 12.3. The summed E-state index contributed by atoms with van der Waals surface area (Å²) < 4.78 is 18.5. The van der Waals surface area contributed by atoms with Gasteiger partial charge in [0.25, 0.3) is 0 Å². The Labute approximate surface area is 128 Å². The monoisotopic (exact) mass is 309 g/mol. The number of nitrogens with one attached hydrogen (secondary N) is 2. The number of ether oxygens (including phenoxy) is 1. The third kappa shape index (κ3) is 5.00. The fourth-order valence-corrected chi connectivity index (χ4v) is 2.13.